The highest BCUT2D eigenvalue weighted by molar-refractivity contribution is 9.10. The highest BCUT2D eigenvalue weighted by Gasteiger charge is 2.20. The molecule has 1 aromatic rings. The van der Waals surface area contributed by atoms with Gasteiger partial charge < -0.3 is 4.42 Å². The summed E-state index contributed by atoms with van der Waals surface area (Å²) in [6.07, 6.45) is 3.05. The number of nitrogens with zero attached hydrogens (tertiary/aromatic N) is 1. The molecule has 1 aromatic heterocycles. The van der Waals surface area contributed by atoms with Crippen LogP contribution >= 0.6 is 27.7 Å². The van der Waals surface area contributed by atoms with Gasteiger partial charge in [0.25, 0.3) is 4.80 Å². The highest BCUT2D eigenvalue weighted by atomic mass is 79.9. The van der Waals surface area contributed by atoms with E-state index in [9.17, 15) is 0 Å². The fourth-order valence-corrected chi connectivity index (χ4v) is 2.73. The second-order valence-electron chi connectivity index (χ2n) is 2.58. The van der Waals surface area contributed by atoms with E-state index in [0.717, 1.165) is 5.76 Å². The maximum absolute atomic E-state index is 5.36. The van der Waals surface area contributed by atoms with Crippen molar-refractivity contribution in [2.45, 2.75) is 12.3 Å². The van der Waals surface area contributed by atoms with E-state index in [0.29, 0.717) is 10.7 Å². The van der Waals surface area contributed by atoms with Gasteiger partial charge in [0.2, 0.25) is 0 Å². The Morgan fingerprint density at radius 1 is 1.73 bits per heavy atom. The zero-order valence-electron chi connectivity index (χ0n) is 5.92. The molecule has 11 heavy (non-hydrogen) atoms. The minimum Gasteiger partial charge on any atom is -0.436 e. The van der Waals surface area contributed by atoms with Gasteiger partial charge in [0.15, 0.2) is 0 Å². The van der Waals surface area contributed by atoms with Gasteiger partial charge in [0, 0.05) is 27.6 Å². The molecular formula is C7H8BrNOS. The lowest BCUT2D eigenvalue weighted by molar-refractivity contribution is 0.453. The van der Waals surface area contributed by atoms with Crippen molar-refractivity contribution < 1.29 is 4.42 Å². The molecule has 0 spiro atoms. The molecule has 1 saturated heterocycles. The summed E-state index contributed by atoms with van der Waals surface area (Å²) in [5, 5.41) is 0. The Balaban J connectivity index is 2.15. The number of halogens is 1. The summed E-state index contributed by atoms with van der Waals surface area (Å²) in [6.45, 7) is 0. The minimum absolute atomic E-state index is 0.596. The third-order valence-electron chi connectivity index (χ3n) is 1.83. The molecule has 0 N–H and O–H groups in total. The molecule has 1 aliphatic heterocycles. The van der Waals surface area contributed by atoms with Crippen molar-refractivity contribution in [3.05, 3.63) is 16.8 Å². The summed E-state index contributed by atoms with van der Waals surface area (Å²) in [7, 11) is 0. The average Bonchev–Trinajstić information content (AvgIpc) is 2.55. The van der Waals surface area contributed by atoms with Gasteiger partial charge in [-0.3, -0.25) is 0 Å². The predicted molar refractivity (Wildman–Crippen MR) is 48.9 cm³/mol. The van der Waals surface area contributed by atoms with Crippen LogP contribution < -0.4 is 0 Å². The van der Waals surface area contributed by atoms with Crippen LogP contribution in [-0.2, 0) is 0 Å². The van der Waals surface area contributed by atoms with E-state index in [1.165, 1.54) is 17.9 Å². The van der Waals surface area contributed by atoms with Crippen LogP contribution in [0.5, 0.6) is 0 Å². The van der Waals surface area contributed by atoms with Crippen molar-refractivity contribution in [3.63, 3.8) is 0 Å². The minimum atomic E-state index is 0.596. The van der Waals surface area contributed by atoms with Crippen molar-refractivity contribution >= 4 is 27.7 Å². The molecule has 1 unspecified atom stereocenters. The van der Waals surface area contributed by atoms with Crippen LogP contribution in [0.2, 0.25) is 0 Å². The zero-order chi connectivity index (χ0) is 7.68. The molecule has 2 heterocycles. The Bertz CT molecular complexity index is 244. The van der Waals surface area contributed by atoms with Crippen LogP contribution in [0.4, 0.5) is 0 Å². The number of hydrogen-bond donors (Lipinski definition) is 0. The monoisotopic (exact) mass is 233 g/mol. The van der Waals surface area contributed by atoms with Gasteiger partial charge >= 0.3 is 0 Å². The molecule has 2 rings (SSSR count). The summed E-state index contributed by atoms with van der Waals surface area (Å²) in [6, 6.07) is 0. The van der Waals surface area contributed by atoms with Crippen LogP contribution in [-0.4, -0.2) is 16.5 Å². The van der Waals surface area contributed by atoms with E-state index < -0.39 is 0 Å². The molecule has 0 bridgehead atoms. The first-order chi connectivity index (χ1) is 5.36. The van der Waals surface area contributed by atoms with E-state index in [2.05, 4.69) is 20.9 Å². The second-order valence-corrected chi connectivity index (χ2v) is 4.40. The van der Waals surface area contributed by atoms with E-state index in [-0.39, 0.29) is 0 Å². The smallest absolute Gasteiger partial charge is 0.264 e. The molecule has 4 heteroatoms. The summed E-state index contributed by atoms with van der Waals surface area (Å²) in [4.78, 5) is 4.60. The molecule has 60 valence electrons. The second kappa shape index (κ2) is 3.19. The highest BCUT2D eigenvalue weighted by Crippen LogP contribution is 2.33. The van der Waals surface area contributed by atoms with Crippen molar-refractivity contribution in [2.24, 2.45) is 0 Å². The Hall–Kier alpha value is 0.0400. The summed E-state index contributed by atoms with van der Waals surface area (Å²) in [5.41, 5.74) is 0. The van der Waals surface area contributed by atoms with Crippen LogP contribution in [0, 0.1) is 0 Å². The molecule has 0 aliphatic carbocycles. The van der Waals surface area contributed by atoms with Crippen LogP contribution in [0.1, 0.15) is 18.1 Å². The van der Waals surface area contributed by atoms with Crippen LogP contribution in [0.3, 0.4) is 0 Å². The Labute approximate surface area is 77.9 Å². The van der Waals surface area contributed by atoms with Crippen LogP contribution in [0.25, 0.3) is 0 Å². The van der Waals surface area contributed by atoms with Gasteiger partial charge in [-0.15, -0.1) is 0 Å². The normalized spacial score (nSPS) is 24.3. The number of rotatable bonds is 1. The van der Waals surface area contributed by atoms with E-state index in [1.54, 1.807) is 0 Å². The molecule has 0 radical (unpaired) electrons. The van der Waals surface area contributed by atoms with Gasteiger partial charge in [0.1, 0.15) is 5.76 Å². The van der Waals surface area contributed by atoms with Crippen molar-refractivity contribution in [3.8, 4) is 0 Å². The number of thioether (sulfide) groups is 1. The van der Waals surface area contributed by atoms with Crippen molar-refractivity contribution in [2.75, 3.05) is 11.5 Å². The topological polar surface area (TPSA) is 26.0 Å². The third-order valence-corrected chi connectivity index (χ3v) is 3.36. The first-order valence-corrected chi connectivity index (χ1v) is 5.50. The van der Waals surface area contributed by atoms with E-state index >= 15 is 0 Å². The molecule has 0 saturated carbocycles. The first-order valence-electron chi connectivity index (χ1n) is 3.55. The zero-order valence-corrected chi connectivity index (χ0v) is 8.32. The fraction of sp³-hybridized carbons (Fsp3) is 0.571. The predicted octanol–water partition coefficient (Wildman–Crippen LogP) is 2.66. The number of aromatic nitrogens is 1. The largest absolute Gasteiger partial charge is 0.436 e. The first kappa shape index (κ1) is 7.68. The standard InChI is InChI=1S/C7H8BrNOS/c8-7-9-3-6(10-7)5-1-2-11-4-5/h3,5H,1-2,4H2. The quantitative estimate of drug-likeness (QED) is 0.747. The number of oxazole rings is 1. The van der Waals surface area contributed by atoms with E-state index in [4.69, 9.17) is 4.42 Å². The molecule has 0 amide bonds. The number of hydrogen-bond acceptors (Lipinski definition) is 3. The lowest BCUT2D eigenvalue weighted by atomic mass is 10.1. The maximum Gasteiger partial charge on any atom is 0.264 e. The van der Waals surface area contributed by atoms with Crippen molar-refractivity contribution in [1.29, 1.82) is 0 Å². The SMILES string of the molecule is Brc1ncc(C2CCSC2)o1. The lowest BCUT2D eigenvalue weighted by Gasteiger charge is -2.00. The maximum atomic E-state index is 5.36. The lowest BCUT2D eigenvalue weighted by Crippen LogP contribution is -1.92. The molecule has 1 aliphatic rings. The fourth-order valence-electron chi connectivity index (χ4n) is 1.21. The van der Waals surface area contributed by atoms with Gasteiger partial charge in [-0.05, 0) is 12.2 Å². The molecule has 2 nitrogen and oxygen atoms in total. The molecule has 1 fully saturated rings. The Morgan fingerprint density at radius 3 is 3.18 bits per heavy atom. The molecule has 0 aromatic carbocycles. The molecule has 1 atom stereocenters. The van der Waals surface area contributed by atoms with Gasteiger partial charge in [0.05, 0.1) is 6.20 Å². The average molecular weight is 234 g/mol. The van der Waals surface area contributed by atoms with Gasteiger partial charge in [-0.2, -0.15) is 11.8 Å². The summed E-state index contributed by atoms with van der Waals surface area (Å²) >= 11 is 5.18. The van der Waals surface area contributed by atoms with Gasteiger partial charge in [-0.1, -0.05) is 0 Å². The Morgan fingerprint density at radius 2 is 2.64 bits per heavy atom. The van der Waals surface area contributed by atoms with Crippen molar-refractivity contribution in [1.82, 2.24) is 4.98 Å². The summed E-state index contributed by atoms with van der Waals surface area (Å²) in [5.74, 6) is 4.06. The summed E-state index contributed by atoms with van der Waals surface area (Å²) < 4.78 is 5.36. The Kier molecular flexibility index (Phi) is 2.23. The van der Waals surface area contributed by atoms with E-state index in [1.807, 2.05) is 18.0 Å². The van der Waals surface area contributed by atoms with Crippen LogP contribution in [0.15, 0.2) is 15.4 Å². The van der Waals surface area contributed by atoms with Gasteiger partial charge in [-0.25, -0.2) is 4.98 Å². The third kappa shape index (κ3) is 1.62. The molecular weight excluding hydrogens is 226 g/mol.